The van der Waals surface area contributed by atoms with Crippen molar-refractivity contribution in [3.63, 3.8) is 0 Å². The van der Waals surface area contributed by atoms with Gasteiger partial charge in [0, 0.05) is 59.9 Å². The van der Waals surface area contributed by atoms with Crippen molar-refractivity contribution >= 4 is 28.5 Å². The minimum absolute atomic E-state index is 0.206. The van der Waals surface area contributed by atoms with Crippen molar-refractivity contribution in [1.82, 2.24) is 29.4 Å². The fraction of sp³-hybridized carbons (Fsp3) is 0.103. The second-order valence-electron chi connectivity index (χ2n) is 8.92. The molecule has 6 aromatic rings. The summed E-state index contributed by atoms with van der Waals surface area (Å²) in [5, 5.41) is 4.46. The quantitative estimate of drug-likeness (QED) is 0.287. The van der Waals surface area contributed by atoms with Crippen molar-refractivity contribution < 1.29 is 9.21 Å². The molecule has 1 unspecified atom stereocenters. The van der Waals surface area contributed by atoms with Crippen LogP contribution in [0.3, 0.4) is 0 Å². The second-order valence-corrected chi connectivity index (χ2v) is 9.36. The number of halogens is 1. The van der Waals surface area contributed by atoms with E-state index < -0.39 is 6.04 Å². The van der Waals surface area contributed by atoms with Crippen molar-refractivity contribution in [1.29, 1.82) is 0 Å². The summed E-state index contributed by atoms with van der Waals surface area (Å²) in [6.45, 7) is 0. The lowest BCUT2D eigenvalue weighted by atomic mass is 10.1. The average molecular weight is 523 g/mol. The van der Waals surface area contributed by atoms with Gasteiger partial charge in [0.05, 0.1) is 24.3 Å². The zero-order valence-electron chi connectivity index (χ0n) is 20.5. The number of nitrogens with one attached hydrogen (secondary N) is 1. The number of aromatic nitrogens is 5. The first-order valence-corrected chi connectivity index (χ1v) is 12.4. The Bertz CT molecular complexity index is 1710. The molecule has 1 amide bonds. The van der Waals surface area contributed by atoms with E-state index in [9.17, 15) is 4.79 Å². The van der Waals surface area contributed by atoms with Gasteiger partial charge >= 0.3 is 0 Å². The summed E-state index contributed by atoms with van der Waals surface area (Å²) in [4.78, 5) is 26.6. The number of fused-ring (bicyclic) bond motifs is 1. The summed E-state index contributed by atoms with van der Waals surface area (Å²) in [6.07, 6.45) is 9.43. The van der Waals surface area contributed by atoms with E-state index in [1.807, 2.05) is 77.1 Å². The Labute approximate surface area is 223 Å². The molecule has 38 heavy (non-hydrogen) atoms. The van der Waals surface area contributed by atoms with Crippen LogP contribution >= 0.6 is 11.6 Å². The smallest absolute Gasteiger partial charge is 0.287 e. The Hall–Kier alpha value is -4.69. The van der Waals surface area contributed by atoms with Gasteiger partial charge < -0.3 is 18.9 Å². The number of nitrogens with zero attached hydrogens (tertiary/aromatic N) is 5. The monoisotopic (exact) mass is 522 g/mol. The average Bonchev–Trinajstić information content (AvgIpc) is 3.69. The molecule has 9 heteroatoms. The fourth-order valence-corrected chi connectivity index (χ4v) is 4.68. The number of furan rings is 1. The highest BCUT2D eigenvalue weighted by Crippen LogP contribution is 2.27. The zero-order valence-corrected chi connectivity index (χ0v) is 21.2. The zero-order chi connectivity index (χ0) is 26.1. The normalized spacial score (nSPS) is 12.1. The van der Waals surface area contributed by atoms with Crippen LogP contribution in [0.2, 0.25) is 5.02 Å². The molecule has 8 nitrogen and oxygen atoms in total. The number of carbonyl (C=O) groups excluding carboxylic acids is 1. The van der Waals surface area contributed by atoms with Crippen LogP contribution in [0.1, 0.15) is 28.1 Å². The number of amides is 1. The highest BCUT2D eigenvalue weighted by atomic mass is 35.5. The van der Waals surface area contributed by atoms with Gasteiger partial charge in [-0.2, -0.15) is 0 Å². The molecule has 0 bridgehead atoms. The molecule has 0 saturated carbocycles. The molecular weight excluding hydrogens is 500 g/mol. The third-order valence-electron chi connectivity index (χ3n) is 6.45. The fourth-order valence-electron chi connectivity index (χ4n) is 4.51. The van der Waals surface area contributed by atoms with Crippen molar-refractivity contribution in [2.75, 3.05) is 0 Å². The van der Waals surface area contributed by atoms with E-state index in [0.717, 1.165) is 28.0 Å². The lowest BCUT2D eigenvalue weighted by molar-refractivity contribution is 0.0908. The molecule has 0 radical (unpaired) electrons. The summed E-state index contributed by atoms with van der Waals surface area (Å²) in [6, 6.07) is 20.4. The van der Waals surface area contributed by atoms with Gasteiger partial charge in [-0.1, -0.05) is 29.8 Å². The van der Waals surface area contributed by atoms with Crippen LogP contribution in [0.25, 0.3) is 27.9 Å². The van der Waals surface area contributed by atoms with Gasteiger partial charge in [0.15, 0.2) is 5.76 Å². The number of pyridine rings is 1. The standard InChI is InChI=1S/C29H23ClN6O2/c1-35-25(19-6-9-23(10-7-19)36-13-12-31-18-36)17-33-28(35)24(16-22-4-2-3-11-32-22)34-29(37)27-14-20-5-8-21(30)15-26(20)38-27/h2-15,17-18,24H,16H2,1H3,(H,34,37). The van der Waals surface area contributed by atoms with Gasteiger partial charge in [-0.25, -0.2) is 9.97 Å². The molecular formula is C29H23ClN6O2. The van der Waals surface area contributed by atoms with Crippen molar-refractivity contribution in [2.24, 2.45) is 7.05 Å². The van der Waals surface area contributed by atoms with Gasteiger partial charge in [-0.05, 0) is 48.0 Å². The summed E-state index contributed by atoms with van der Waals surface area (Å²) >= 11 is 6.08. The maximum atomic E-state index is 13.3. The predicted molar refractivity (Wildman–Crippen MR) is 145 cm³/mol. The largest absolute Gasteiger partial charge is 0.451 e. The van der Waals surface area contributed by atoms with E-state index in [4.69, 9.17) is 21.0 Å². The molecule has 188 valence electrons. The maximum absolute atomic E-state index is 13.3. The Morgan fingerprint density at radius 1 is 1.05 bits per heavy atom. The molecule has 4 heterocycles. The van der Waals surface area contributed by atoms with Crippen LogP contribution in [0.5, 0.6) is 0 Å². The first-order chi connectivity index (χ1) is 18.5. The number of benzene rings is 2. The Morgan fingerprint density at radius 3 is 2.68 bits per heavy atom. The van der Waals surface area contributed by atoms with Gasteiger partial charge in [0.1, 0.15) is 11.4 Å². The first kappa shape index (κ1) is 23.7. The van der Waals surface area contributed by atoms with Crippen molar-refractivity contribution in [2.45, 2.75) is 12.5 Å². The molecule has 2 aromatic carbocycles. The minimum Gasteiger partial charge on any atom is -0.451 e. The van der Waals surface area contributed by atoms with Crippen LogP contribution in [-0.4, -0.2) is 30.0 Å². The summed E-state index contributed by atoms with van der Waals surface area (Å²) in [5.74, 6) is 0.571. The molecule has 4 aromatic heterocycles. The van der Waals surface area contributed by atoms with Gasteiger partial charge in [0.2, 0.25) is 0 Å². The van der Waals surface area contributed by atoms with Gasteiger partial charge in [-0.3, -0.25) is 9.78 Å². The van der Waals surface area contributed by atoms with Crippen LogP contribution in [0.15, 0.2) is 102 Å². The Balaban J connectivity index is 1.31. The number of rotatable bonds is 7. The minimum atomic E-state index is -0.446. The molecule has 1 N–H and O–H groups in total. The van der Waals surface area contributed by atoms with E-state index in [1.54, 1.807) is 36.9 Å². The van der Waals surface area contributed by atoms with Crippen LogP contribution in [0, 0.1) is 0 Å². The van der Waals surface area contributed by atoms with E-state index in [-0.39, 0.29) is 11.7 Å². The lowest BCUT2D eigenvalue weighted by Gasteiger charge is -2.18. The molecule has 0 saturated heterocycles. The molecule has 0 aliphatic rings. The molecule has 0 fully saturated rings. The highest BCUT2D eigenvalue weighted by Gasteiger charge is 2.24. The van der Waals surface area contributed by atoms with Crippen molar-refractivity contribution in [3.8, 4) is 16.9 Å². The first-order valence-electron chi connectivity index (χ1n) is 12.1. The molecule has 1 atom stereocenters. The van der Waals surface area contributed by atoms with Crippen LogP contribution in [0.4, 0.5) is 0 Å². The number of imidazole rings is 2. The SMILES string of the molecule is Cn1c(-c2ccc(-n3ccnc3)cc2)cnc1C(Cc1ccccn1)NC(=O)c1cc2ccc(Cl)cc2o1. The number of carbonyl (C=O) groups is 1. The molecule has 0 aliphatic carbocycles. The summed E-state index contributed by atoms with van der Waals surface area (Å²) in [5.41, 5.74) is 4.34. The lowest BCUT2D eigenvalue weighted by Crippen LogP contribution is -2.31. The van der Waals surface area contributed by atoms with Crippen LogP contribution in [-0.2, 0) is 13.5 Å². The highest BCUT2D eigenvalue weighted by molar-refractivity contribution is 6.31. The van der Waals surface area contributed by atoms with E-state index >= 15 is 0 Å². The number of hydrogen-bond acceptors (Lipinski definition) is 5. The van der Waals surface area contributed by atoms with Gasteiger partial charge in [0.25, 0.3) is 5.91 Å². The molecule has 0 aliphatic heterocycles. The van der Waals surface area contributed by atoms with E-state index in [1.165, 1.54) is 0 Å². The Kier molecular flexibility index (Phi) is 6.23. The topological polar surface area (TPSA) is 90.8 Å². The Morgan fingerprint density at radius 2 is 1.92 bits per heavy atom. The third-order valence-corrected chi connectivity index (χ3v) is 6.69. The van der Waals surface area contributed by atoms with Gasteiger partial charge in [-0.15, -0.1) is 0 Å². The molecule has 0 spiro atoms. The van der Waals surface area contributed by atoms with E-state index in [2.05, 4.69) is 15.3 Å². The number of hydrogen-bond donors (Lipinski definition) is 1. The van der Waals surface area contributed by atoms with Crippen molar-refractivity contribution in [3.05, 3.63) is 120 Å². The molecule has 6 rings (SSSR count). The van der Waals surface area contributed by atoms with E-state index in [0.29, 0.717) is 22.9 Å². The summed E-state index contributed by atoms with van der Waals surface area (Å²) in [7, 11) is 1.95. The predicted octanol–water partition coefficient (Wildman–Crippen LogP) is 5.78. The maximum Gasteiger partial charge on any atom is 0.287 e. The van der Waals surface area contributed by atoms with Crippen LogP contribution < -0.4 is 5.32 Å². The third kappa shape index (κ3) is 4.69. The second kappa shape index (κ2) is 9.99. The summed E-state index contributed by atoms with van der Waals surface area (Å²) < 4.78 is 9.74.